The van der Waals surface area contributed by atoms with Gasteiger partial charge in [0.2, 0.25) is 0 Å². The Balaban J connectivity index is 1.94. The molecule has 0 unspecified atom stereocenters. The Labute approximate surface area is 122 Å². The summed E-state index contributed by atoms with van der Waals surface area (Å²) in [7, 11) is 1.54. The molecule has 1 aromatic heterocycles. The number of H-pyrrole nitrogens is 1. The molecule has 0 saturated carbocycles. The number of amides is 1. The van der Waals surface area contributed by atoms with Gasteiger partial charge in [0, 0.05) is 18.0 Å². The van der Waals surface area contributed by atoms with Crippen LogP contribution in [0.5, 0.6) is 5.75 Å². The molecule has 0 aliphatic heterocycles. The molecule has 1 atom stereocenters. The minimum atomic E-state index is -0.910. The van der Waals surface area contributed by atoms with Gasteiger partial charge >= 0.3 is 5.97 Å². The molecule has 6 nitrogen and oxygen atoms in total. The molecule has 0 bridgehead atoms. The lowest BCUT2D eigenvalue weighted by molar-refractivity contribution is -0.123. The first-order valence-electron chi connectivity index (χ1n) is 6.39. The average molecular weight is 288 g/mol. The van der Waals surface area contributed by atoms with Crippen molar-refractivity contribution in [2.45, 2.75) is 13.0 Å². The Morgan fingerprint density at radius 3 is 2.71 bits per heavy atom. The fourth-order valence-corrected chi connectivity index (χ4v) is 1.68. The van der Waals surface area contributed by atoms with E-state index < -0.39 is 18.0 Å². The zero-order valence-electron chi connectivity index (χ0n) is 11.8. The molecule has 0 aliphatic rings. The third-order valence-corrected chi connectivity index (χ3v) is 2.81. The lowest BCUT2D eigenvalue weighted by Gasteiger charge is -2.13. The molecule has 2 aromatic rings. The summed E-state index contributed by atoms with van der Waals surface area (Å²) >= 11 is 0. The van der Waals surface area contributed by atoms with Crippen molar-refractivity contribution in [2.24, 2.45) is 0 Å². The highest BCUT2D eigenvalue weighted by molar-refractivity contribution is 5.96. The maximum Gasteiger partial charge on any atom is 0.355 e. The molecule has 21 heavy (non-hydrogen) atoms. The Morgan fingerprint density at radius 2 is 2.05 bits per heavy atom. The fraction of sp³-hybridized carbons (Fsp3) is 0.200. The molecule has 0 spiro atoms. The van der Waals surface area contributed by atoms with Crippen molar-refractivity contribution in [3.05, 3.63) is 48.3 Å². The number of esters is 1. The van der Waals surface area contributed by atoms with Crippen LogP contribution in [0.1, 0.15) is 17.4 Å². The summed E-state index contributed by atoms with van der Waals surface area (Å²) in [5, 5.41) is 2.66. The third kappa shape index (κ3) is 3.85. The van der Waals surface area contributed by atoms with Crippen molar-refractivity contribution in [2.75, 3.05) is 12.4 Å². The highest BCUT2D eigenvalue weighted by Gasteiger charge is 2.19. The summed E-state index contributed by atoms with van der Waals surface area (Å²) in [6.45, 7) is 1.51. The number of carbonyl (C=O) groups is 2. The first-order valence-corrected chi connectivity index (χ1v) is 6.39. The summed E-state index contributed by atoms with van der Waals surface area (Å²) in [6, 6.07) is 10.2. The second kappa shape index (κ2) is 6.60. The van der Waals surface area contributed by atoms with Crippen LogP contribution in [0.15, 0.2) is 42.6 Å². The number of carbonyl (C=O) groups excluding carboxylic acids is 2. The molecule has 6 heteroatoms. The van der Waals surface area contributed by atoms with E-state index in [1.807, 2.05) is 0 Å². The van der Waals surface area contributed by atoms with Gasteiger partial charge in [0.15, 0.2) is 6.10 Å². The average Bonchev–Trinajstić information content (AvgIpc) is 3.01. The zero-order chi connectivity index (χ0) is 15.2. The number of methoxy groups -OCH3 is 1. The maximum atomic E-state index is 12.0. The minimum Gasteiger partial charge on any atom is -0.497 e. The topological polar surface area (TPSA) is 80.4 Å². The van der Waals surface area contributed by atoms with E-state index in [1.165, 1.54) is 6.92 Å². The number of hydrogen-bond acceptors (Lipinski definition) is 4. The van der Waals surface area contributed by atoms with Crippen LogP contribution in [0.3, 0.4) is 0 Å². The van der Waals surface area contributed by atoms with Crippen LogP contribution in [0.2, 0.25) is 0 Å². The van der Waals surface area contributed by atoms with E-state index in [0.717, 1.165) is 0 Å². The summed E-state index contributed by atoms with van der Waals surface area (Å²) in [4.78, 5) is 26.4. The summed E-state index contributed by atoms with van der Waals surface area (Å²) in [6.07, 6.45) is 0.699. The van der Waals surface area contributed by atoms with Crippen molar-refractivity contribution < 1.29 is 19.1 Å². The predicted octanol–water partition coefficient (Wildman–Crippen LogP) is 2.21. The Bertz CT molecular complexity index is 622. The molecule has 1 aromatic carbocycles. The summed E-state index contributed by atoms with van der Waals surface area (Å²) < 4.78 is 10.1. The number of ether oxygens (including phenoxy) is 2. The van der Waals surface area contributed by atoms with Gasteiger partial charge in [-0.3, -0.25) is 4.79 Å². The van der Waals surface area contributed by atoms with E-state index in [4.69, 9.17) is 9.47 Å². The second-order valence-corrected chi connectivity index (χ2v) is 4.35. The molecule has 1 heterocycles. The molecule has 2 rings (SSSR count). The SMILES string of the molecule is COc1cccc(NC(=O)[C@@H](C)OC(=O)c2ccc[nH]2)c1. The molecule has 0 fully saturated rings. The number of rotatable bonds is 5. The lowest BCUT2D eigenvalue weighted by Crippen LogP contribution is -2.30. The summed E-state index contributed by atoms with van der Waals surface area (Å²) in [5.74, 6) is -0.361. The van der Waals surface area contributed by atoms with Crippen LogP contribution < -0.4 is 10.1 Å². The molecule has 1 amide bonds. The van der Waals surface area contributed by atoms with Crippen LogP contribution in [0.4, 0.5) is 5.69 Å². The summed E-state index contributed by atoms with van der Waals surface area (Å²) in [5.41, 5.74) is 0.873. The van der Waals surface area contributed by atoms with E-state index in [2.05, 4.69) is 10.3 Å². The van der Waals surface area contributed by atoms with Gasteiger partial charge in [-0.2, -0.15) is 0 Å². The van der Waals surface area contributed by atoms with Crippen LogP contribution >= 0.6 is 0 Å². The van der Waals surface area contributed by atoms with Crippen molar-refractivity contribution >= 4 is 17.6 Å². The monoisotopic (exact) mass is 288 g/mol. The highest BCUT2D eigenvalue weighted by Crippen LogP contribution is 2.17. The molecule has 0 radical (unpaired) electrons. The van der Waals surface area contributed by atoms with Crippen LogP contribution in [-0.2, 0) is 9.53 Å². The molecule has 110 valence electrons. The number of anilines is 1. The second-order valence-electron chi connectivity index (χ2n) is 4.35. The first-order chi connectivity index (χ1) is 10.1. The van der Waals surface area contributed by atoms with Crippen molar-refractivity contribution in [1.29, 1.82) is 0 Å². The van der Waals surface area contributed by atoms with Crippen molar-refractivity contribution in [3.63, 3.8) is 0 Å². The van der Waals surface area contributed by atoms with Crippen LogP contribution in [0, 0.1) is 0 Å². The first kappa shape index (κ1) is 14.6. The van der Waals surface area contributed by atoms with Gasteiger partial charge in [0.05, 0.1) is 7.11 Å². The largest absolute Gasteiger partial charge is 0.497 e. The highest BCUT2D eigenvalue weighted by atomic mass is 16.5. The van der Waals surface area contributed by atoms with Gasteiger partial charge in [0.25, 0.3) is 5.91 Å². The van der Waals surface area contributed by atoms with Gasteiger partial charge in [-0.15, -0.1) is 0 Å². The minimum absolute atomic E-state index is 0.302. The number of benzene rings is 1. The standard InChI is InChI=1S/C15H16N2O4/c1-10(21-15(19)13-7-4-8-16-13)14(18)17-11-5-3-6-12(9-11)20-2/h3-10,16H,1-2H3,(H,17,18)/t10-/m1/s1. The molecule has 0 saturated heterocycles. The number of nitrogens with one attached hydrogen (secondary N) is 2. The van der Waals surface area contributed by atoms with Crippen LogP contribution in [0.25, 0.3) is 0 Å². The van der Waals surface area contributed by atoms with E-state index in [-0.39, 0.29) is 0 Å². The van der Waals surface area contributed by atoms with Crippen molar-refractivity contribution in [1.82, 2.24) is 4.98 Å². The van der Waals surface area contributed by atoms with Gasteiger partial charge < -0.3 is 19.8 Å². The van der Waals surface area contributed by atoms with Gasteiger partial charge in [-0.05, 0) is 31.2 Å². The van der Waals surface area contributed by atoms with Crippen molar-refractivity contribution in [3.8, 4) is 5.75 Å². The molecular formula is C15H16N2O4. The lowest BCUT2D eigenvalue weighted by atomic mass is 10.3. The van der Waals surface area contributed by atoms with Gasteiger partial charge in [0.1, 0.15) is 11.4 Å². The third-order valence-electron chi connectivity index (χ3n) is 2.81. The Hall–Kier alpha value is -2.76. The predicted molar refractivity (Wildman–Crippen MR) is 77.3 cm³/mol. The number of aromatic amines is 1. The smallest absolute Gasteiger partial charge is 0.355 e. The Kier molecular flexibility index (Phi) is 4.61. The van der Waals surface area contributed by atoms with E-state index >= 15 is 0 Å². The van der Waals surface area contributed by atoms with E-state index in [0.29, 0.717) is 17.1 Å². The van der Waals surface area contributed by atoms with Gasteiger partial charge in [-0.1, -0.05) is 6.07 Å². The fourth-order valence-electron chi connectivity index (χ4n) is 1.68. The molecular weight excluding hydrogens is 272 g/mol. The molecule has 2 N–H and O–H groups in total. The van der Waals surface area contributed by atoms with Crippen LogP contribution in [-0.4, -0.2) is 30.1 Å². The Morgan fingerprint density at radius 1 is 1.24 bits per heavy atom. The van der Waals surface area contributed by atoms with Gasteiger partial charge in [-0.25, -0.2) is 4.79 Å². The molecule has 0 aliphatic carbocycles. The quantitative estimate of drug-likeness (QED) is 0.827. The maximum absolute atomic E-state index is 12.0. The normalized spacial score (nSPS) is 11.5. The van der Waals surface area contributed by atoms with E-state index in [1.54, 1.807) is 49.7 Å². The number of hydrogen-bond donors (Lipinski definition) is 2. The van der Waals surface area contributed by atoms with E-state index in [9.17, 15) is 9.59 Å². The zero-order valence-corrected chi connectivity index (χ0v) is 11.8. The number of aromatic nitrogens is 1.